The van der Waals surface area contributed by atoms with E-state index in [4.69, 9.17) is 4.84 Å². The molecule has 1 aliphatic rings. The Labute approximate surface area is 156 Å². The zero-order valence-electron chi connectivity index (χ0n) is 15.5. The Morgan fingerprint density at radius 3 is 2.56 bits per heavy atom. The fraction of sp³-hybridized carbons (Fsp3) is 0.238. The fourth-order valence-electron chi connectivity index (χ4n) is 3.43. The van der Waals surface area contributed by atoms with E-state index in [1.54, 1.807) is 13.1 Å². The van der Waals surface area contributed by atoms with Crippen LogP contribution in [0.2, 0.25) is 0 Å². The van der Waals surface area contributed by atoms with Gasteiger partial charge in [-0.25, -0.2) is 0 Å². The van der Waals surface area contributed by atoms with E-state index in [1.807, 2.05) is 61.5 Å². The molecule has 0 fully saturated rings. The van der Waals surface area contributed by atoms with Gasteiger partial charge in [-0.3, -0.25) is 4.79 Å². The minimum Gasteiger partial charge on any atom is -0.506 e. The summed E-state index contributed by atoms with van der Waals surface area (Å²) < 4.78 is 1.53. The van der Waals surface area contributed by atoms with Crippen LogP contribution >= 0.6 is 0 Å². The lowest BCUT2D eigenvalue weighted by Gasteiger charge is -2.14. The molecule has 6 nitrogen and oxygen atoms in total. The van der Waals surface area contributed by atoms with Gasteiger partial charge >= 0.3 is 0 Å². The first-order chi connectivity index (χ1) is 13.0. The van der Waals surface area contributed by atoms with Crippen molar-refractivity contribution >= 4 is 22.3 Å². The highest BCUT2D eigenvalue weighted by Crippen LogP contribution is 2.34. The maximum Gasteiger partial charge on any atom is 0.263 e. The molecule has 0 radical (unpaired) electrons. The molecule has 0 spiro atoms. The molecular weight excluding hydrogens is 342 g/mol. The highest BCUT2D eigenvalue weighted by atomic mass is 16.6. The fourth-order valence-corrected chi connectivity index (χ4v) is 3.43. The Morgan fingerprint density at radius 2 is 1.85 bits per heavy atom. The van der Waals surface area contributed by atoms with Crippen molar-refractivity contribution in [2.45, 2.75) is 12.5 Å². The second-order valence-corrected chi connectivity index (χ2v) is 6.93. The van der Waals surface area contributed by atoms with Gasteiger partial charge in [0.15, 0.2) is 6.10 Å². The number of pyridine rings is 1. The predicted molar refractivity (Wildman–Crippen MR) is 107 cm³/mol. The average Bonchev–Trinajstić information content (AvgIpc) is 3.16. The maximum atomic E-state index is 12.8. The van der Waals surface area contributed by atoms with Crippen LogP contribution in [0.4, 0.5) is 5.69 Å². The predicted octanol–water partition coefficient (Wildman–Crippen LogP) is 3.18. The third kappa shape index (κ3) is 2.83. The van der Waals surface area contributed by atoms with Crippen LogP contribution in [0.15, 0.2) is 58.5 Å². The number of benzene rings is 2. The molecule has 27 heavy (non-hydrogen) atoms. The van der Waals surface area contributed by atoms with E-state index in [0.717, 1.165) is 11.3 Å². The number of aromatic nitrogens is 1. The molecule has 6 heteroatoms. The molecule has 138 valence electrons. The number of aryl methyl sites for hydroxylation is 1. The molecule has 1 unspecified atom stereocenters. The van der Waals surface area contributed by atoms with Gasteiger partial charge in [0.05, 0.1) is 5.52 Å². The van der Waals surface area contributed by atoms with E-state index >= 15 is 0 Å². The van der Waals surface area contributed by atoms with E-state index in [2.05, 4.69) is 5.16 Å². The van der Waals surface area contributed by atoms with Crippen molar-refractivity contribution in [2.24, 2.45) is 12.2 Å². The van der Waals surface area contributed by atoms with E-state index in [9.17, 15) is 9.90 Å². The van der Waals surface area contributed by atoms with Gasteiger partial charge in [-0.2, -0.15) is 0 Å². The highest BCUT2D eigenvalue weighted by Gasteiger charge is 2.29. The first kappa shape index (κ1) is 17.1. The van der Waals surface area contributed by atoms with Gasteiger partial charge in [-0.15, -0.1) is 0 Å². The summed E-state index contributed by atoms with van der Waals surface area (Å²) in [5.41, 5.74) is 3.16. The van der Waals surface area contributed by atoms with Crippen LogP contribution in [0, 0.1) is 0 Å². The van der Waals surface area contributed by atoms with Gasteiger partial charge < -0.3 is 19.4 Å². The van der Waals surface area contributed by atoms with Crippen molar-refractivity contribution in [1.82, 2.24) is 4.57 Å². The summed E-state index contributed by atoms with van der Waals surface area (Å²) in [6.07, 6.45) is 0.161. The van der Waals surface area contributed by atoms with Gasteiger partial charge in [0.1, 0.15) is 17.0 Å². The van der Waals surface area contributed by atoms with Crippen molar-refractivity contribution in [2.75, 3.05) is 19.0 Å². The zero-order chi connectivity index (χ0) is 19.1. The number of para-hydroxylation sites is 1. The van der Waals surface area contributed by atoms with E-state index < -0.39 is 0 Å². The molecule has 0 amide bonds. The molecule has 1 aliphatic heterocycles. The average molecular weight is 363 g/mol. The number of hydrogen-bond acceptors (Lipinski definition) is 5. The van der Waals surface area contributed by atoms with Crippen LogP contribution in [-0.2, 0) is 11.9 Å². The molecule has 1 aromatic heterocycles. The molecule has 2 heterocycles. The van der Waals surface area contributed by atoms with Crippen molar-refractivity contribution in [3.05, 3.63) is 70.0 Å². The smallest absolute Gasteiger partial charge is 0.263 e. The summed E-state index contributed by atoms with van der Waals surface area (Å²) in [7, 11) is 5.67. The Morgan fingerprint density at radius 1 is 1.15 bits per heavy atom. The molecule has 1 N–H and O–H groups in total. The van der Waals surface area contributed by atoms with Crippen molar-refractivity contribution in [1.29, 1.82) is 0 Å². The molecule has 4 rings (SSSR count). The number of nitrogens with zero attached hydrogens (tertiary/aromatic N) is 3. The number of anilines is 1. The van der Waals surface area contributed by atoms with Gasteiger partial charge in [0, 0.05) is 38.6 Å². The standard InChI is InChI=1S/C21H21N3O3/c1-23(2)14-10-8-13(9-11-14)18-12-16(22-27-18)19-20(25)15-6-4-5-7-17(15)24(3)21(19)26/h4-11,18,25H,12H2,1-3H3. The van der Waals surface area contributed by atoms with E-state index in [-0.39, 0.29) is 23.0 Å². The highest BCUT2D eigenvalue weighted by molar-refractivity contribution is 6.07. The Hall–Kier alpha value is -3.28. The van der Waals surface area contributed by atoms with Gasteiger partial charge in [0.25, 0.3) is 5.56 Å². The quantitative estimate of drug-likeness (QED) is 0.776. The van der Waals surface area contributed by atoms with Crippen molar-refractivity contribution in [3.63, 3.8) is 0 Å². The minimum atomic E-state index is -0.280. The normalized spacial score (nSPS) is 16.3. The summed E-state index contributed by atoms with van der Waals surface area (Å²) in [5, 5.41) is 15.5. The maximum absolute atomic E-state index is 12.8. The number of rotatable bonds is 3. The second-order valence-electron chi connectivity index (χ2n) is 6.93. The van der Waals surface area contributed by atoms with Crippen LogP contribution in [0.25, 0.3) is 10.9 Å². The lowest BCUT2D eigenvalue weighted by molar-refractivity contribution is 0.0857. The zero-order valence-corrected chi connectivity index (χ0v) is 15.5. The van der Waals surface area contributed by atoms with Crippen LogP contribution < -0.4 is 10.5 Å². The Kier molecular flexibility index (Phi) is 4.11. The Balaban J connectivity index is 1.69. The minimum absolute atomic E-state index is 0.0420. The molecule has 0 bridgehead atoms. The summed E-state index contributed by atoms with van der Waals surface area (Å²) in [6, 6.07) is 15.3. The van der Waals surface area contributed by atoms with Gasteiger partial charge in [-0.05, 0) is 29.8 Å². The van der Waals surface area contributed by atoms with Crippen molar-refractivity contribution in [3.8, 4) is 5.75 Å². The molecular formula is C21H21N3O3. The number of aromatic hydroxyl groups is 1. The Bertz CT molecular complexity index is 1100. The number of fused-ring (bicyclic) bond motifs is 1. The molecule has 0 aliphatic carbocycles. The molecule has 1 atom stereocenters. The summed E-state index contributed by atoms with van der Waals surface area (Å²) in [6.45, 7) is 0. The monoisotopic (exact) mass is 363 g/mol. The summed E-state index contributed by atoms with van der Waals surface area (Å²) >= 11 is 0. The van der Waals surface area contributed by atoms with Crippen LogP contribution in [0.3, 0.4) is 0 Å². The van der Waals surface area contributed by atoms with E-state index in [1.165, 1.54) is 4.57 Å². The lowest BCUT2D eigenvalue weighted by atomic mass is 9.99. The van der Waals surface area contributed by atoms with E-state index in [0.29, 0.717) is 23.0 Å². The largest absolute Gasteiger partial charge is 0.506 e. The molecule has 0 saturated heterocycles. The molecule has 0 saturated carbocycles. The van der Waals surface area contributed by atoms with Crippen LogP contribution in [0.5, 0.6) is 5.75 Å². The molecule has 2 aromatic carbocycles. The summed E-state index contributed by atoms with van der Waals surface area (Å²) in [4.78, 5) is 20.4. The molecule has 3 aromatic rings. The lowest BCUT2D eigenvalue weighted by Crippen LogP contribution is -2.24. The number of hydrogen-bond donors (Lipinski definition) is 1. The van der Waals surface area contributed by atoms with Crippen LogP contribution in [0.1, 0.15) is 23.7 Å². The number of oxime groups is 1. The SMILES string of the molecule is CN(C)c1ccc(C2CC(c3c(O)c4ccccc4n(C)c3=O)=NO2)cc1. The third-order valence-electron chi connectivity index (χ3n) is 5.01. The van der Waals surface area contributed by atoms with Crippen LogP contribution in [-0.4, -0.2) is 29.5 Å². The first-order valence-electron chi connectivity index (χ1n) is 8.78. The summed E-state index contributed by atoms with van der Waals surface area (Å²) in [5.74, 6) is -0.0420. The van der Waals surface area contributed by atoms with Gasteiger partial charge in [0.2, 0.25) is 0 Å². The van der Waals surface area contributed by atoms with Crippen molar-refractivity contribution < 1.29 is 9.94 Å². The topological polar surface area (TPSA) is 67.1 Å². The second kappa shape index (κ2) is 6.46. The third-order valence-corrected chi connectivity index (χ3v) is 5.01. The van der Waals surface area contributed by atoms with Gasteiger partial charge in [-0.1, -0.05) is 29.4 Å². The first-order valence-corrected chi connectivity index (χ1v) is 8.78.